The van der Waals surface area contributed by atoms with Crippen molar-refractivity contribution < 1.29 is 9.15 Å². The van der Waals surface area contributed by atoms with Crippen molar-refractivity contribution in [3.63, 3.8) is 0 Å². The molecule has 0 radical (unpaired) electrons. The van der Waals surface area contributed by atoms with E-state index in [1.165, 1.54) is 0 Å². The van der Waals surface area contributed by atoms with Gasteiger partial charge in [0.05, 0.1) is 5.39 Å². The molecule has 1 aliphatic rings. The molecule has 1 aliphatic heterocycles. The van der Waals surface area contributed by atoms with Crippen LogP contribution in [0.25, 0.3) is 21.7 Å². The van der Waals surface area contributed by atoms with Crippen LogP contribution in [0.15, 0.2) is 44.6 Å². The first-order valence-corrected chi connectivity index (χ1v) is 8.01. The number of ether oxygens (including phenoxy) is 1. The number of benzene rings is 2. The fraction of sp³-hybridized carbons (Fsp3) is 0.222. The summed E-state index contributed by atoms with van der Waals surface area (Å²) in [5.41, 5.74) is 10.2. The Balaban J connectivity index is 1.85. The minimum Gasteiger partial charge on any atom is -0.482 e. The molecule has 25 heavy (non-hydrogen) atoms. The first-order chi connectivity index (χ1) is 12.0. The minimum absolute atomic E-state index is 0.298. The van der Waals surface area contributed by atoms with Gasteiger partial charge in [-0.1, -0.05) is 17.7 Å². The molecule has 2 aromatic carbocycles. The van der Waals surface area contributed by atoms with Gasteiger partial charge in [0.25, 0.3) is 0 Å². The highest BCUT2D eigenvalue weighted by Crippen LogP contribution is 2.31. The normalized spacial score (nSPS) is 14.9. The lowest BCUT2D eigenvalue weighted by atomic mass is 10.0. The summed E-state index contributed by atoms with van der Waals surface area (Å²) < 4.78 is 11.6. The lowest BCUT2D eigenvalue weighted by molar-refractivity contribution is 0.281. The molecule has 7 nitrogen and oxygen atoms in total. The number of aryl methyl sites for hydroxylation is 2. The molecule has 3 N–H and O–H groups in total. The van der Waals surface area contributed by atoms with Gasteiger partial charge in [-0.15, -0.1) is 10.6 Å². The number of fused-ring (bicyclic) bond motifs is 3. The van der Waals surface area contributed by atoms with Crippen molar-refractivity contribution >= 4 is 27.6 Å². The minimum atomic E-state index is -0.342. The van der Waals surface area contributed by atoms with Crippen LogP contribution in [0.1, 0.15) is 18.1 Å². The van der Waals surface area contributed by atoms with Crippen LogP contribution >= 0.6 is 0 Å². The van der Waals surface area contributed by atoms with Crippen LogP contribution in [-0.4, -0.2) is 11.9 Å². The summed E-state index contributed by atoms with van der Waals surface area (Å²) in [6.07, 6.45) is -0.298. The highest BCUT2D eigenvalue weighted by Gasteiger charge is 2.19. The Morgan fingerprint density at radius 3 is 2.68 bits per heavy atom. The monoisotopic (exact) mass is 338 g/mol. The number of hydrogen-bond acceptors (Lipinski definition) is 7. The summed E-state index contributed by atoms with van der Waals surface area (Å²) in [5, 5.41) is 6.41. The van der Waals surface area contributed by atoms with E-state index in [0.717, 1.165) is 21.9 Å². The summed E-state index contributed by atoms with van der Waals surface area (Å²) in [5.74, 6) is 1.28. The molecule has 0 saturated carbocycles. The molecule has 128 valence electrons. The Labute approximate surface area is 143 Å². The molecule has 0 saturated heterocycles. The van der Waals surface area contributed by atoms with E-state index in [1.807, 2.05) is 51.1 Å². The second-order valence-electron chi connectivity index (χ2n) is 6.12. The smallest absolute Gasteiger partial charge is 0.344 e. The van der Waals surface area contributed by atoms with E-state index >= 15 is 0 Å². The summed E-state index contributed by atoms with van der Waals surface area (Å²) in [7, 11) is 0. The molecule has 3 aromatic rings. The third kappa shape index (κ3) is 2.58. The summed E-state index contributed by atoms with van der Waals surface area (Å²) in [6, 6.07) is 9.55. The van der Waals surface area contributed by atoms with Crippen LogP contribution in [0.4, 0.5) is 0 Å². The molecule has 0 spiro atoms. The van der Waals surface area contributed by atoms with Crippen LogP contribution in [0.5, 0.6) is 5.75 Å². The number of rotatable bonds is 3. The predicted molar refractivity (Wildman–Crippen MR) is 96.4 cm³/mol. The van der Waals surface area contributed by atoms with Gasteiger partial charge in [0.2, 0.25) is 0 Å². The fourth-order valence-electron chi connectivity index (χ4n) is 3.00. The quantitative estimate of drug-likeness (QED) is 0.501. The molecule has 2 heterocycles. The van der Waals surface area contributed by atoms with E-state index in [0.29, 0.717) is 22.6 Å². The van der Waals surface area contributed by atoms with Crippen LogP contribution in [0.2, 0.25) is 0 Å². The topological polar surface area (TPSA) is 87.9 Å². The van der Waals surface area contributed by atoms with Gasteiger partial charge >= 0.3 is 5.63 Å². The van der Waals surface area contributed by atoms with Gasteiger partial charge in [0, 0.05) is 16.3 Å². The van der Waals surface area contributed by atoms with Crippen molar-refractivity contribution in [1.29, 1.82) is 0 Å². The molecule has 7 heteroatoms. The van der Waals surface area contributed by atoms with Gasteiger partial charge < -0.3 is 9.15 Å². The molecular formula is C18H18N4O3. The second-order valence-corrected chi connectivity index (χ2v) is 6.12. The highest BCUT2D eigenvalue weighted by molar-refractivity contribution is 6.05. The maximum atomic E-state index is 12.3. The lowest BCUT2D eigenvalue weighted by Gasteiger charge is -2.16. The Hall–Kier alpha value is -3.06. The zero-order valence-corrected chi connectivity index (χ0v) is 14.1. The van der Waals surface area contributed by atoms with Crippen molar-refractivity contribution in [3.05, 3.63) is 51.9 Å². The van der Waals surface area contributed by atoms with E-state index in [4.69, 9.17) is 9.15 Å². The Morgan fingerprint density at radius 2 is 1.92 bits per heavy atom. The zero-order chi connectivity index (χ0) is 17.6. The van der Waals surface area contributed by atoms with Crippen LogP contribution in [0.3, 0.4) is 0 Å². The Kier molecular flexibility index (Phi) is 3.58. The van der Waals surface area contributed by atoms with Gasteiger partial charge in [-0.3, -0.25) is 5.43 Å². The predicted octanol–water partition coefficient (Wildman–Crippen LogP) is 2.26. The zero-order valence-electron chi connectivity index (χ0n) is 14.1. The Morgan fingerprint density at radius 1 is 1.12 bits per heavy atom. The summed E-state index contributed by atoms with van der Waals surface area (Å²) >= 11 is 0. The van der Waals surface area contributed by atoms with Crippen LogP contribution < -0.4 is 26.9 Å². The van der Waals surface area contributed by atoms with Gasteiger partial charge in [0.1, 0.15) is 11.3 Å². The number of hydrazone groups is 1. The second kappa shape index (κ2) is 5.78. The number of hydrazine groups is 2. The number of nitrogens with zero attached hydrogens (tertiary/aromatic N) is 1. The first kappa shape index (κ1) is 15.5. The maximum absolute atomic E-state index is 12.3. The number of hydrogen-bond donors (Lipinski definition) is 3. The highest BCUT2D eigenvalue weighted by atomic mass is 16.5. The average molecular weight is 338 g/mol. The number of amidine groups is 1. The standard InChI is InChI=1S/C18H18N4O3/c1-9-4-5-13-14(8-9)12-6-7-15(10(2)16(12)25-18(13)23)24-11(3)17-19-21-22-20-17/h4-8,11,21-22H,1-3H3,(H,19,20). The molecule has 0 aliphatic carbocycles. The van der Waals surface area contributed by atoms with Crippen molar-refractivity contribution in [3.8, 4) is 5.75 Å². The van der Waals surface area contributed by atoms with Gasteiger partial charge in [-0.2, -0.15) is 0 Å². The number of nitrogens with one attached hydrogen (secondary N) is 3. The van der Waals surface area contributed by atoms with E-state index in [1.54, 1.807) is 0 Å². The maximum Gasteiger partial charge on any atom is 0.344 e. The summed E-state index contributed by atoms with van der Waals surface area (Å²) in [6.45, 7) is 5.77. The Bertz CT molecular complexity index is 1070. The lowest BCUT2D eigenvalue weighted by Crippen LogP contribution is -2.40. The largest absolute Gasteiger partial charge is 0.482 e. The van der Waals surface area contributed by atoms with E-state index in [2.05, 4.69) is 21.6 Å². The van der Waals surface area contributed by atoms with Crippen molar-refractivity contribution in [1.82, 2.24) is 16.5 Å². The van der Waals surface area contributed by atoms with Crippen LogP contribution in [-0.2, 0) is 0 Å². The van der Waals surface area contributed by atoms with Gasteiger partial charge in [-0.25, -0.2) is 10.3 Å². The molecule has 0 fully saturated rings. The fourth-order valence-corrected chi connectivity index (χ4v) is 3.00. The molecular weight excluding hydrogens is 320 g/mol. The van der Waals surface area contributed by atoms with Crippen molar-refractivity contribution in [2.24, 2.45) is 5.10 Å². The molecule has 4 rings (SSSR count). The van der Waals surface area contributed by atoms with Gasteiger partial charge in [0.15, 0.2) is 11.9 Å². The first-order valence-electron chi connectivity index (χ1n) is 8.01. The third-order valence-electron chi connectivity index (χ3n) is 4.35. The van der Waals surface area contributed by atoms with E-state index in [-0.39, 0.29) is 11.7 Å². The average Bonchev–Trinajstić information content (AvgIpc) is 3.12. The van der Waals surface area contributed by atoms with Crippen LogP contribution in [0, 0.1) is 13.8 Å². The van der Waals surface area contributed by atoms with E-state index in [9.17, 15) is 4.79 Å². The third-order valence-corrected chi connectivity index (χ3v) is 4.35. The SMILES string of the molecule is Cc1ccc2c(=O)oc3c(C)c(OC(C)C4=NNNN4)ccc3c2c1. The van der Waals surface area contributed by atoms with Crippen molar-refractivity contribution in [2.45, 2.75) is 26.9 Å². The molecule has 1 atom stereocenters. The molecule has 0 amide bonds. The molecule has 1 aromatic heterocycles. The molecule has 1 unspecified atom stereocenters. The van der Waals surface area contributed by atoms with Crippen molar-refractivity contribution in [2.75, 3.05) is 0 Å². The molecule has 0 bridgehead atoms. The summed E-state index contributed by atoms with van der Waals surface area (Å²) in [4.78, 5) is 12.3. The van der Waals surface area contributed by atoms with Gasteiger partial charge in [-0.05, 0) is 39.0 Å². The van der Waals surface area contributed by atoms with E-state index < -0.39 is 0 Å².